The first kappa shape index (κ1) is 32.6. The minimum Gasteiger partial charge on any atom is -0.506 e. The highest BCUT2D eigenvalue weighted by molar-refractivity contribution is 7.99. The van der Waals surface area contributed by atoms with Crippen LogP contribution in [0.4, 0.5) is 11.4 Å². The molecule has 0 aliphatic carbocycles. The summed E-state index contributed by atoms with van der Waals surface area (Å²) in [6.45, 7) is 3.46. The molecule has 41 heavy (non-hydrogen) atoms. The van der Waals surface area contributed by atoms with E-state index < -0.39 is 32.7 Å². The van der Waals surface area contributed by atoms with Gasteiger partial charge in [0.1, 0.15) is 11.0 Å². The maximum absolute atomic E-state index is 13.3. The Hall–Kier alpha value is -2.96. The zero-order valence-electron chi connectivity index (χ0n) is 21.8. The molecule has 0 heterocycles. The molecule has 0 aliphatic heterocycles. The van der Waals surface area contributed by atoms with Crippen LogP contribution in [0.3, 0.4) is 0 Å². The summed E-state index contributed by atoms with van der Waals surface area (Å²) in [5.41, 5.74) is 0.0972. The van der Waals surface area contributed by atoms with Gasteiger partial charge < -0.3 is 21.1 Å². The van der Waals surface area contributed by atoms with E-state index in [2.05, 4.69) is 16.0 Å². The monoisotopic (exact) mass is 657 g/mol. The Balaban J connectivity index is 1.71. The van der Waals surface area contributed by atoms with Crippen molar-refractivity contribution in [3.8, 4) is 5.75 Å². The Kier molecular flexibility index (Phi) is 11.3. The summed E-state index contributed by atoms with van der Waals surface area (Å²) in [5.74, 6) is -1.37. The second-order valence-corrected chi connectivity index (χ2v) is 13.2. The Morgan fingerprint density at radius 3 is 2.20 bits per heavy atom. The Morgan fingerprint density at radius 1 is 0.902 bits per heavy atom. The lowest BCUT2D eigenvalue weighted by Crippen LogP contribution is -2.34. The van der Waals surface area contributed by atoms with Crippen molar-refractivity contribution in [3.63, 3.8) is 0 Å². The molecule has 3 aromatic rings. The number of aromatic hydroxyl groups is 1. The molecule has 0 radical (unpaired) electrons. The van der Waals surface area contributed by atoms with Crippen molar-refractivity contribution >= 4 is 85.5 Å². The summed E-state index contributed by atoms with van der Waals surface area (Å²) in [4.78, 5) is 37.4. The minimum atomic E-state index is -4.07. The van der Waals surface area contributed by atoms with E-state index in [4.69, 9.17) is 34.8 Å². The van der Waals surface area contributed by atoms with Gasteiger partial charge in [0.05, 0.1) is 31.3 Å². The second-order valence-electron chi connectivity index (χ2n) is 8.67. The highest BCUT2D eigenvalue weighted by atomic mass is 35.5. The van der Waals surface area contributed by atoms with Crippen LogP contribution < -0.4 is 16.0 Å². The zero-order chi connectivity index (χ0) is 30.3. The number of phenolic OH excluding ortho intramolecular Hbond substituents is 1. The molecule has 0 spiro atoms. The standard InChI is InChI=1S/C27H26Cl3N3O6S2/c1-3-25(41(38,39)18-7-5-17(6-8-18)40-11-10-31-15(2)34)27(37)32-22-14-24(35)23(13-21(22)30)33-26(36)16-4-9-19(28)20(29)12-16/h4-9,12-14,25,35H,3,10-11H2,1-2H3,(H,31,34)(H,32,37)(H,33,36). The van der Waals surface area contributed by atoms with Crippen LogP contribution in [0.5, 0.6) is 5.75 Å². The summed E-state index contributed by atoms with van der Waals surface area (Å²) in [6, 6.07) is 12.7. The van der Waals surface area contributed by atoms with Gasteiger partial charge in [-0.25, -0.2) is 8.42 Å². The Bertz CT molecular complexity index is 1570. The van der Waals surface area contributed by atoms with E-state index in [1.54, 1.807) is 19.1 Å². The van der Waals surface area contributed by atoms with E-state index in [1.165, 1.54) is 55.1 Å². The van der Waals surface area contributed by atoms with Gasteiger partial charge in [-0.1, -0.05) is 41.7 Å². The number of sulfone groups is 1. The number of hydrogen-bond acceptors (Lipinski definition) is 7. The van der Waals surface area contributed by atoms with Crippen molar-refractivity contribution in [2.45, 2.75) is 35.3 Å². The number of anilines is 2. The van der Waals surface area contributed by atoms with Crippen LogP contribution in [0.2, 0.25) is 15.1 Å². The van der Waals surface area contributed by atoms with Crippen molar-refractivity contribution in [1.29, 1.82) is 0 Å². The highest BCUT2D eigenvalue weighted by Gasteiger charge is 2.33. The van der Waals surface area contributed by atoms with Crippen molar-refractivity contribution in [2.24, 2.45) is 0 Å². The first-order valence-electron chi connectivity index (χ1n) is 12.1. The highest BCUT2D eigenvalue weighted by Crippen LogP contribution is 2.35. The average molecular weight is 659 g/mol. The molecule has 0 saturated heterocycles. The number of halogens is 3. The van der Waals surface area contributed by atoms with Gasteiger partial charge in [-0.3, -0.25) is 14.4 Å². The molecule has 3 rings (SSSR count). The van der Waals surface area contributed by atoms with Gasteiger partial charge in [0.2, 0.25) is 11.8 Å². The number of rotatable bonds is 11. The smallest absolute Gasteiger partial charge is 0.255 e. The fraction of sp³-hybridized carbons (Fsp3) is 0.222. The number of benzene rings is 3. The Labute approximate surface area is 256 Å². The average Bonchev–Trinajstić information content (AvgIpc) is 2.91. The number of carbonyl (C=O) groups is 3. The molecular formula is C27H26Cl3N3O6S2. The molecule has 1 unspecified atom stereocenters. The van der Waals surface area contributed by atoms with Crippen LogP contribution >= 0.6 is 46.6 Å². The molecule has 3 aromatic carbocycles. The van der Waals surface area contributed by atoms with Gasteiger partial charge in [0, 0.05) is 35.7 Å². The fourth-order valence-electron chi connectivity index (χ4n) is 3.63. The third-order valence-corrected chi connectivity index (χ3v) is 10.00. The number of carbonyl (C=O) groups excluding carboxylic acids is 3. The van der Waals surface area contributed by atoms with Gasteiger partial charge in [-0.05, 0) is 55.0 Å². The molecule has 0 saturated carbocycles. The number of hydrogen-bond donors (Lipinski definition) is 4. The van der Waals surface area contributed by atoms with Crippen LogP contribution in [-0.2, 0) is 19.4 Å². The van der Waals surface area contributed by atoms with Crippen molar-refractivity contribution in [2.75, 3.05) is 22.9 Å². The molecule has 218 valence electrons. The quantitative estimate of drug-likeness (QED) is 0.112. The first-order chi connectivity index (χ1) is 19.3. The third kappa shape index (κ3) is 8.52. The second kappa shape index (κ2) is 14.3. The maximum Gasteiger partial charge on any atom is 0.255 e. The minimum absolute atomic E-state index is 0.0250. The lowest BCUT2D eigenvalue weighted by molar-refractivity contribution is -0.119. The number of phenols is 1. The lowest BCUT2D eigenvalue weighted by Gasteiger charge is -2.18. The molecule has 4 N–H and O–H groups in total. The largest absolute Gasteiger partial charge is 0.506 e. The molecule has 0 aromatic heterocycles. The molecule has 0 fully saturated rings. The zero-order valence-corrected chi connectivity index (χ0v) is 25.7. The first-order valence-corrected chi connectivity index (χ1v) is 15.8. The number of amides is 3. The molecule has 1 atom stereocenters. The number of thioether (sulfide) groups is 1. The van der Waals surface area contributed by atoms with E-state index in [-0.39, 0.29) is 49.2 Å². The van der Waals surface area contributed by atoms with Gasteiger partial charge in [0.25, 0.3) is 5.91 Å². The Morgan fingerprint density at radius 2 is 1.59 bits per heavy atom. The number of nitrogens with one attached hydrogen (secondary N) is 3. The molecular weight excluding hydrogens is 633 g/mol. The summed E-state index contributed by atoms with van der Waals surface area (Å²) in [5, 5.41) is 17.1. The van der Waals surface area contributed by atoms with Gasteiger partial charge in [-0.2, -0.15) is 0 Å². The summed E-state index contributed by atoms with van der Waals surface area (Å²) < 4.78 is 26.6. The van der Waals surface area contributed by atoms with Gasteiger partial charge in [0.15, 0.2) is 9.84 Å². The van der Waals surface area contributed by atoms with Crippen LogP contribution in [0.1, 0.15) is 30.6 Å². The molecule has 14 heteroatoms. The summed E-state index contributed by atoms with van der Waals surface area (Å²) in [7, 11) is -4.07. The maximum atomic E-state index is 13.3. The van der Waals surface area contributed by atoms with E-state index >= 15 is 0 Å². The summed E-state index contributed by atoms with van der Waals surface area (Å²) >= 11 is 19.6. The van der Waals surface area contributed by atoms with Crippen LogP contribution in [0, 0.1) is 0 Å². The predicted octanol–water partition coefficient (Wildman–Crippen LogP) is 6.02. The van der Waals surface area contributed by atoms with E-state index in [0.717, 1.165) is 11.0 Å². The van der Waals surface area contributed by atoms with Crippen LogP contribution in [-0.4, -0.2) is 48.8 Å². The van der Waals surface area contributed by atoms with Crippen LogP contribution in [0.25, 0.3) is 0 Å². The SMILES string of the molecule is CCC(C(=O)Nc1cc(O)c(NC(=O)c2ccc(Cl)c(Cl)c2)cc1Cl)S(=O)(=O)c1ccc(SCCNC(C)=O)cc1. The third-order valence-electron chi connectivity index (χ3n) is 5.71. The van der Waals surface area contributed by atoms with Crippen LogP contribution in [0.15, 0.2) is 64.4 Å². The van der Waals surface area contributed by atoms with Gasteiger partial charge in [-0.15, -0.1) is 11.8 Å². The van der Waals surface area contributed by atoms with Crippen molar-refractivity contribution in [3.05, 3.63) is 75.2 Å². The lowest BCUT2D eigenvalue weighted by atomic mass is 10.2. The summed E-state index contributed by atoms with van der Waals surface area (Å²) in [6.07, 6.45) is -0.0250. The molecule has 0 aliphatic rings. The normalized spacial score (nSPS) is 11.9. The van der Waals surface area contributed by atoms with Crippen molar-refractivity contribution < 1.29 is 27.9 Å². The van der Waals surface area contributed by atoms with E-state index in [9.17, 15) is 27.9 Å². The van der Waals surface area contributed by atoms with E-state index in [0.29, 0.717) is 12.3 Å². The van der Waals surface area contributed by atoms with Crippen molar-refractivity contribution in [1.82, 2.24) is 5.32 Å². The van der Waals surface area contributed by atoms with Gasteiger partial charge >= 0.3 is 0 Å². The fourth-order valence-corrected chi connectivity index (χ4v) is 6.54. The predicted molar refractivity (Wildman–Crippen MR) is 163 cm³/mol. The van der Waals surface area contributed by atoms with E-state index in [1.807, 2.05) is 0 Å². The topological polar surface area (TPSA) is 142 Å². The molecule has 3 amide bonds. The molecule has 9 nitrogen and oxygen atoms in total. The molecule has 0 bridgehead atoms.